The van der Waals surface area contributed by atoms with Crippen LogP contribution < -0.4 is 10.0 Å². The van der Waals surface area contributed by atoms with E-state index in [1.807, 2.05) is 18.2 Å². The SMILES string of the molecule is C=CCNS(=O)(=O)c1cccc(C(=O)N[C@H]2CCCc3ccccc32)c1. The van der Waals surface area contributed by atoms with Crippen molar-refractivity contribution < 1.29 is 13.2 Å². The van der Waals surface area contributed by atoms with Gasteiger partial charge < -0.3 is 5.32 Å². The maximum atomic E-state index is 12.7. The van der Waals surface area contributed by atoms with Gasteiger partial charge in [-0.2, -0.15) is 0 Å². The zero-order chi connectivity index (χ0) is 18.6. The van der Waals surface area contributed by atoms with Crippen molar-refractivity contribution in [3.8, 4) is 0 Å². The molecule has 2 aromatic carbocycles. The molecule has 0 saturated heterocycles. The van der Waals surface area contributed by atoms with Crippen LogP contribution in [0.5, 0.6) is 0 Å². The highest BCUT2D eigenvalue weighted by atomic mass is 32.2. The average molecular weight is 370 g/mol. The van der Waals surface area contributed by atoms with E-state index in [0.717, 1.165) is 24.8 Å². The Bertz CT molecular complexity index is 922. The van der Waals surface area contributed by atoms with Crippen molar-refractivity contribution in [2.24, 2.45) is 0 Å². The van der Waals surface area contributed by atoms with E-state index in [9.17, 15) is 13.2 Å². The lowest BCUT2D eigenvalue weighted by atomic mass is 9.87. The Morgan fingerprint density at radius 1 is 1.19 bits per heavy atom. The fourth-order valence-electron chi connectivity index (χ4n) is 3.20. The highest BCUT2D eigenvalue weighted by Crippen LogP contribution is 2.29. The lowest BCUT2D eigenvalue weighted by Crippen LogP contribution is -2.31. The summed E-state index contributed by atoms with van der Waals surface area (Å²) in [6, 6.07) is 14.1. The Morgan fingerprint density at radius 2 is 2.00 bits per heavy atom. The Labute approximate surface area is 154 Å². The molecule has 1 amide bonds. The summed E-state index contributed by atoms with van der Waals surface area (Å²) in [7, 11) is -3.66. The minimum atomic E-state index is -3.66. The van der Waals surface area contributed by atoms with Gasteiger partial charge in [0.25, 0.3) is 5.91 Å². The Hall–Kier alpha value is -2.44. The van der Waals surface area contributed by atoms with Crippen LogP contribution >= 0.6 is 0 Å². The van der Waals surface area contributed by atoms with E-state index in [-0.39, 0.29) is 23.4 Å². The first-order valence-corrected chi connectivity index (χ1v) is 10.1. The van der Waals surface area contributed by atoms with Gasteiger partial charge in [-0.3, -0.25) is 4.79 Å². The van der Waals surface area contributed by atoms with Crippen LogP contribution in [0.2, 0.25) is 0 Å². The number of benzene rings is 2. The number of fused-ring (bicyclic) bond motifs is 1. The average Bonchev–Trinajstić information content (AvgIpc) is 2.67. The molecule has 0 fully saturated rings. The highest BCUT2D eigenvalue weighted by Gasteiger charge is 2.22. The van der Waals surface area contributed by atoms with Crippen LogP contribution in [0.25, 0.3) is 0 Å². The quantitative estimate of drug-likeness (QED) is 0.768. The topological polar surface area (TPSA) is 75.3 Å². The molecule has 1 aliphatic rings. The van der Waals surface area contributed by atoms with Gasteiger partial charge >= 0.3 is 0 Å². The van der Waals surface area contributed by atoms with Crippen LogP contribution in [0.15, 0.2) is 66.1 Å². The molecule has 2 N–H and O–H groups in total. The number of aryl methyl sites for hydroxylation is 1. The smallest absolute Gasteiger partial charge is 0.251 e. The third kappa shape index (κ3) is 4.03. The van der Waals surface area contributed by atoms with Crippen LogP contribution in [-0.4, -0.2) is 20.9 Å². The van der Waals surface area contributed by atoms with Gasteiger partial charge in [0.05, 0.1) is 10.9 Å². The second-order valence-corrected chi connectivity index (χ2v) is 8.05. The van der Waals surface area contributed by atoms with E-state index < -0.39 is 10.0 Å². The Balaban J connectivity index is 1.79. The summed E-state index contributed by atoms with van der Waals surface area (Å²) in [5.74, 6) is -0.271. The van der Waals surface area contributed by atoms with Crippen molar-refractivity contribution >= 4 is 15.9 Å². The number of hydrogen-bond donors (Lipinski definition) is 2. The molecule has 0 spiro atoms. The van der Waals surface area contributed by atoms with E-state index >= 15 is 0 Å². The molecule has 0 bridgehead atoms. The van der Waals surface area contributed by atoms with Gasteiger partial charge in [0.2, 0.25) is 10.0 Å². The van der Waals surface area contributed by atoms with Crippen molar-refractivity contribution in [2.75, 3.05) is 6.54 Å². The molecule has 3 rings (SSSR count). The molecule has 0 unspecified atom stereocenters. The van der Waals surface area contributed by atoms with Crippen LogP contribution in [0.1, 0.15) is 40.4 Å². The van der Waals surface area contributed by atoms with Crippen molar-refractivity contribution in [1.29, 1.82) is 0 Å². The second kappa shape index (κ2) is 7.85. The van der Waals surface area contributed by atoms with Gasteiger partial charge in [-0.05, 0) is 48.6 Å². The number of carbonyl (C=O) groups is 1. The Morgan fingerprint density at radius 3 is 2.81 bits per heavy atom. The first-order chi connectivity index (χ1) is 12.5. The second-order valence-electron chi connectivity index (χ2n) is 6.29. The molecule has 1 atom stereocenters. The predicted molar refractivity (Wildman–Crippen MR) is 101 cm³/mol. The van der Waals surface area contributed by atoms with Crippen LogP contribution in [-0.2, 0) is 16.4 Å². The maximum absolute atomic E-state index is 12.7. The van der Waals surface area contributed by atoms with E-state index in [0.29, 0.717) is 5.56 Å². The van der Waals surface area contributed by atoms with Crippen molar-refractivity contribution in [1.82, 2.24) is 10.0 Å². The largest absolute Gasteiger partial charge is 0.345 e. The van der Waals surface area contributed by atoms with E-state index in [1.165, 1.54) is 23.8 Å². The summed E-state index contributed by atoms with van der Waals surface area (Å²) in [5.41, 5.74) is 2.73. The zero-order valence-electron chi connectivity index (χ0n) is 14.4. The van der Waals surface area contributed by atoms with Gasteiger partial charge in [-0.25, -0.2) is 13.1 Å². The highest BCUT2D eigenvalue weighted by molar-refractivity contribution is 7.89. The van der Waals surface area contributed by atoms with Gasteiger partial charge in [-0.1, -0.05) is 36.4 Å². The summed E-state index contributed by atoms with van der Waals surface area (Å²) in [5, 5.41) is 3.04. The third-order valence-electron chi connectivity index (χ3n) is 4.50. The molecule has 0 saturated carbocycles. The minimum Gasteiger partial charge on any atom is -0.345 e. The first kappa shape index (κ1) is 18.4. The Kier molecular flexibility index (Phi) is 5.54. The van der Waals surface area contributed by atoms with Gasteiger partial charge in [0, 0.05) is 12.1 Å². The van der Waals surface area contributed by atoms with E-state index in [4.69, 9.17) is 0 Å². The molecular weight excluding hydrogens is 348 g/mol. The van der Waals surface area contributed by atoms with Crippen molar-refractivity contribution in [2.45, 2.75) is 30.2 Å². The van der Waals surface area contributed by atoms with Crippen LogP contribution in [0.3, 0.4) is 0 Å². The third-order valence-corrected chi connectivity index (χ3v) is 5.92. The number of hydrogen-bond acceptors (Lipinski definition) is 3. The van der Waals surface area contributed by atoms with Gasteiger partial charge in [-0.15, -0.1) is 6.58 Å². The number of nitrogens with one attached hydrogen (secondary N) is 2. The summed E-state index contributed by atoms with van der Waals surface area (Å²) in [4.78, 5) is 12.7. The summed E-state index contributed by atoms with van der Waals surface area (Å²) in [6.45, 7) is 3.63. The molecule has 1 aliphatic carbocycles. The van der Waals surface area contributed by atoms with Crippen LogP contribution in [0, 0.1) is 0 Å². The summed E-state index contributed by atoms with van der Waals surface area (Å²) in [6.07, 6.45) is 4.38. The summed E-state index contributed by atoms with van der Waals surface area (Å²) < 4.78 is 26.9. The maximum Gasteiger partial charge on any atom is 0.251 e. The van der Waals surface area contributed by atoms with E-state index in [2.05, 4.69) is 22.7 Å². The number of sulfonamides is 1. The standard InChI is InChI=1S/C20H22N2O3S/c1-2-13-21-26(24,25)17-10-5-9-16(14-17)20(23)22-19-12-6-8-15-7-3-4-11-18(15)19/h2-5,7,9-11,14,19,21H,1,6,8,12-13H2,(H,22,23)/t19-/m0/s1. The molecule has 0 heterocycles. The molecule has 6 heteroatoms. The molecule has 26 heavy (non-hydrogen) atoms. The van der Waals surface area contributed by atoms with E-state index in [1.54, 1.807) is 12.1 Å². The number of amides is 1. The molecule has 2 aromatic rings. The number of rotatable bonds is 6. The monoisotopic (exact) mass is 370 g/mol. The zero-order valence-corrected chi connectivity index (χ0v) is 15.3. The molecule has 5 nitrogen and oxygen atoms in total. The minimum absolute atomic E-state index is 0.0494. The molecule has 136 valence electrons. The van der Waals surface area contributed by atoms with Crippen LogP contribution in [0.4, 0.5) is 0 Å². The molecule has 0 radical (unpaired) electrons. The fraction of sp³-hybridized carbons (Fsp3) is 0.250. The van der Waals surface area contributed by atoms with Crippen molar-refractivity contribution in [3.63, 3.8) is 0 Å². The lowest BCUT2D eigenvalue weighted by molar-refractivity contribution is 0.0932. The number of carbonyl (C=O) groups excluding carboxylic acids is 1. The van der Waals surface area contributed by atoms with Gasteiger partial charge in [0.1, 0.15) is 0 Å². The van der Waals surface area contributed by atoms with Crippen molar-refractivity contribution in [3.05, 3.63) is 77.9 Å². The van der Waals surface area contributed by atoms with Gasteiger partial charge in [0.15, 0.2) is 0 Å². The summed E-state index contributed by atoms with van der Waals surface area (Å²) >= 11 is 0. The first-order valence-electron chi connectivity index (χ1n) is 8.60. The molecule has 0 aliphatic heterocycles. The molecular formula is C20H22N2O3S. The lowest BCUT2D eigenvalue weighted by Gasteiger charge is -2.26. The molecule has 0 aromatic heterocycles. The predicted octanol–water partition coefficient (Wildman–Crippen LogP) is 2.96. The normalized spacial score (nSPS) is 16.5. The fourth-order valence-corrected chi connectivity index (χ4v) is 4.25.